The predicted molar refractivity (Wildman–Crippen MR) is 108 cm³/mol. The lowest BCUT2D eigenvalue weighted by molar-refractivity contribution is -0.148. The van der Waals surface area contributed by atoms with Crippen LogP contribution in [0.5, 0.6) is 0 Å². The molecule has 0 saturated carbocycles. The Balaban J connectivity index is 0.000000604. The number of halogens is 6. The summed E-state index contributed by atoms with van der Waals surface area (Å²) in [7, 11) is 0. The van der Waals surface area contributed by atoms with E-state index in [0.29, 0.717) is 12.1 Å². The predicted octanol–water partition coefficient (Wildman–Crippen LogP) is 1.44. The molecule has 0 fully saturated rings. The lowest BCUT2D eigenvalue weighted by atomic mass is 10.0. The molecule has 2 aromatic rings. The molecule has 1 aromatic heterocycles. The van der Waals surface area contributed by atoms with E-state index < -0.39 is 53.4 Å². The number of amides is 2. The summed E-state index contributed by atoms with van der Waals surface area (Å²) in [5.41, 5.74) is 15.5. The van der Waals surface area contributed by atoms with Crippen LogP contribution < -0.4 is 17.2 Å². The summed E-state index contributed by atoms with van der Waals surface area (Å²) in [5, 5.41) is 0. The molecule has 2 unspecified atom stereocenters. The van der Waals surface area contributed by atoms with Crippen LogP contribution in [0.15, 0.2) is 18.3 Å². The third-order valence-electron chi connectivity index (χ3n) is 4.95. The van der Waals surface area contributed by atoms with Gasteiger partial charge in [0.15, 0.2) is 11.6 Å². The average Bonchev–Trinajstić information content (AvgIpc) is 3.16. The summed E-state index contributed by atoms with van der Waals surface area (Å²) in [5.74, 6) is -5.43. The molecule has 0 spiro atoms. The van der Waals surface area contributed by atoms with Crippen molar-refractivity contribution in [1.29, 1.82) is 0 Å². The molecule has 34 heavy (non-hydrogen) atoms. The van der Waals surface area contributed by atoms with Crippen molar-refractivity contribution in [3.63, 3.8) is 0 Å². The van der Waals surface area contributed by atoms with Crippen LogP contribution in [0.2, 0.25) is 0 Å². The number of carbonyl (C=O) groups excluding carboxylic acids is 2. The van der Waals surface area contributed by atoms with E-state index in [4.69, 9.17) is 11.5 Å². The smallest absolute Gasteiger partial charge is 0.368 e. The number of benzene rings is 1. The average molecular weight is 494 g/mol. The zero-order valence-electron chi connectivity index (χ0n) is 18.1. The minimum Gasteiger partial charge on any atom is -0.368 e. The molecule has 1 aliphatic rings. The van der Waals surface area contributed by atoms with Gasteiger partial charge in [0.25, 0.3) is 0 Å². The van der Waals surface area contributed by atoms with Crippen LogP contribution in [0.25, 0.3) is 0 Å². The zero-order chi connectivity index (χ0) is 25.8. The molecule has 6 N–H and O–H groups in total. The van der Waals surface area contributed by atoms with Crippen LogP contribution in [-0.4, -0.2) is 44.9 Å². The molecule has 0 bridgehead atoms. The zero-order valence-corrected chi connectivity index (χ0v) is 18.1. The normalized spacial score (nSPS) is 15.1. The van der Waals surface area contributed by atoms with Gasteiger partial charge in [0, 0.05) is 31.6 Å². The van der Waals surface area contributed by atoms with Gasteiger partial charge >= 0.3 is 6.18 Å². The number of primary amides is 1. The van der Waals surface area contributed by atoms with Crippen molar-refractivity contribution in [2.45, 2.75) is 51.1 Å². The highest BCUT2D eigenvalue weighted by molar-refractivity contribution is 5.79. The minimum atomic E-state index is -4.58. The number of hydrogen-bond acceptors (Lipinski definition) is 5. The number of imidazole rings is 1. The van der Waals surface area contributed by atoms with Gasteiger partial charge in [0.1, 0.15) is 5.82 Å². The van der Waals surface area contributed by atoms with Gasteiger partial charge in [0.05, 0.1) is 24.5 Å². The fourth-order valence-electron chi connectivity index (χ4n) is 3.15. The van der Waals surface area contributed by atoms with E-state index in [9.17, 15) is 35.9 Å². The van der Waals surface area contributed by atoms with Gasteiger partial charge < -0.3 is 26.7 Å². The van der Waals surface area contributed by atoms with Crippen LogP contribution in [0, 0.1) is 17.5 Å². The number of carbonyl (C=O) groups is 2. The van der Waals surface area contributed by atoms with E-state index in [2.05, 4.69) is 10.7 Å². The minimum absolute atomic E-state index is 0.0392. The number of nitrogens with two attached hydrogens (primary N) is 3. The summed E-state index contributed by atoms with van der Waals surface area (Å²) >= 11 is 0. The maximum Gasteiger partial charge on any atom is 0.449 e. The van der Waals surface area contributed by atoms with Crippen LogP contribution in [0.3, 0.4) is 0 Å². The topological polar surface area (TPSA) is 133 Å². The summed E-state index contributed by atoms with van der Waals surface area (Å²) < 4.78 is 79.5. The van der Waals surface area contributed by atoms with Crippen LogP contribution in [-0.2, 0) is 35.3 Å². The Morgan fingerprint density at radius 3 is 2.24 bits per heavy atom. The molecule has 0 aliphatic carbocycles. The summed E-state index contributed by atoms with van der Waals surface area (Å²) in [6.45, 7) is 1.46. The second-order valence-electron chi connectivity index (χ2n) is 7.75. The first kappa shape index (κ1) is 27.1. The highest BCUT2D eigenvalue weighted by Crippen LogP contribution is 2.30. The van der Waals surface area contributed by atoms with Gasteiger partial charge in [-0.05, 0) is 25.0 Å². The van der Waals surface area contributed by atoms with Gasteiger partial charge in [-0.3, -0.25) is 9.59 Å². The Kier molecular flexibility index (Phi) is 8.66. The maximum atomic E-state index is 13.7. The van der Waals surface area contributed by atoms with Crippen LogP contribution in [0.4, 0.5) is 26.3 Å². The molecule has 3 rings (SSSR count). The highest BCUT2D eigenvalue weighted by atomic mass is 19.4. The second-order valence-corrected chi connectivity index (χ2v) is 7.75. The summed E-state index contributed by atoms with van der Waals surface area (Å²) in [4.78, 5) is 26.9. The number of nitrogens with zero attached hydrogens (tertiary/aromatic N) is 3. The molecule has 2 atom stereocenters. The molecular weight excluding hydrogens is 470 g/mol. The Morgan fingerprint density at radius 1 is 1.09 bits per heavy atom. The number of rotatable bonds is 5. The fraction of sp³-hybridized carbons (Fsp3) is 0.450. The van der Waals surface area contributed by atoms with E-state index in [1.165, 1.54) is 4.90 Å². The van der Waals surface area contributed by atoms with Gasteiger partial charge in [-0.25, -0.2) is 18.2 Å². The quantitative estimate of drug-likeness (QED) is 0.427. The molecule has 1 aliphatic heterocycles. The van der Waals surface area contributed by atoms with Crippen molar-refractivity contribution in [2.24, 2.45) is 17.2 Å². The van der Waals surface area contributed by atoms with Crippen molar-refractivity contribution in [1.82, 2.24) is 14.5 Å². The first-order valence-corrected chi connectivity index (χ1v) is 10.0. The molecule has 188 valence electrons. The number of fused-ring (bicyclic) bond motifs is 1. The second kappa shape index (κ2) is 10.9. The summed E-state index contributed by atoms with van der Waals surface area (Å²) in [6.07, 6.45) is -3.93. The van der Waals surface area contributed by atoms with E-state index in [0.717, 1.165) is 10.8 Å². The molecule has 8 nitrogen and oxygen atoms in total. The Morgan fingerprint density at radius 2 is 1.68 bits per heavy atom. The fourth-order valence-corrected chi connectivity index (χ4v) is 3.15. The van der Waals surface area contributed by atoms with Crippen molar-refractivity contribution in [2.75, 3.05) is 6.54 Å². The third-order valence-corrected chi connectivity index (χ3v) is 4.95. The molecule has 1 aromatic carbocycles. The van der Waals surface area contributed by atoms with E-state index >= 15 is 0 Å². The maximum absolute atomic E-state index is 13.7. The number of alkyl halides is 3. The van der Waals surface area contributed by atoms with Gasteiger partial charge in [0.2, 0.25) is 17.6 Å². The molecule has 0 saturated heterocycles. The van der Waals surface area contributed by atoms with E-state index in [-0.39, 0.29) is 43.7 Å². The lowest BCUT2D eigenvalue weighted by Gasteiger charge is -2.30. The highest BCUT2D eigenvalue weighted by Gasteiger charge is 2.38. The summed E-state index contributed by atoms with van der Waals surface area (Å²) in [6, 6.07) is -0.287. The Labute approximate surface area is 190 Å². The van der Waals surface area contributed by atoms with Gasteiger partial charge in [-0.1, -0.05) is 0 Å². The van der Waals surface area contributed by atoms with Crippen LogP contribution in [0.1, 0.15) is 30.4 Å². The largest absolute Gasteiger partial charge is 0.449 e. The standard InChI is InChI=1S/C17H16F6N4O.C3H8N2O/c18-12-6-14(20)13(19)4-9(12)3-10(24)5-15(28)26-1-2-27-11(8-26)7-25-16(27)17(21,22)23;1-2(4)3(5)6/h4,6-7,10H,1-3,5,8,24H2;2H,4H2,1H3,(H2,5,6). The monoisotopic (exact) mass is 494 g/mol. The van der Waals surface area contributed by atoms with Crippen molar-refractivity contribution in [3.05, 3.63) is 52.9 Å². The number of aromatic nitrogens is 2. The Bertz CT molecular complexity index is 1040. The van der Waals surface area contributed by atoms with Crippen molar-refractivity contribution < 1.29 is 35.9 Å². The van der Waals surface area contributed by atoms with Crippen molar-refractivity contribution in [3.8, 4) is 0 Å². The van der Waals surface area contributed by atoms with Crippen LogP contribution >= 0.6 is 0 Å². The number of hydrogen-bond donors (Lipinski definition) is 3. The van der Waals surface area contributed by atoms with E-state index in [1.54, 1.807) is 6.92 Å². The van der Waals surface area contributed by atoms with Gasteiger partial charge in [-0.2, -0.15) is 13.2 Å². The third kappa shape index (κ3) is 6.93. The molecule has 2 amide bonds. The van der Waals surface area contributed by atoms with E-state index in [1.807, 2.05) is 0 Å². The molecular formula is C20H24F6N6O2. The molecule has 2 heterocycles. The Hall–Kier alpha value is -3.13. The van der Waals surface area contributed by atoms with Crippen molar-refractivity contribution >= 4 is 11.8 Å². The first-order chi connectivity index (χ1) is 15.7. The molecule has 14 heteroatoms. The SMILES string of the molecule is CC(N)C(N)=O.NC(CC(=O)N1CCn2c(cnc2C(F)(F)F)C1)Cc1cc(F)c(F)cc1F. The molecule has 0 radical (unpaired) electrons. The lowest BCUT2D eigenvalue weighted by Crippen LogP contribution is -2.41. The first-order valence-electron chi connectivity index (χ1n) is 10.0. The van der Waals surface area contributed by atoms with Gasteiger partial charge in [-0.15, -0.1) is 0 Å².